The average Bonchev–Trinajstić information content (AvgIpc) is 3.37. The van der Waals surface area contributed by atoms with E-state index < -0.39 is 0 Å². The normalized spacial score (nSPS) is 22.3. The molecule has 35 heavy (non-hydrogen) atoms. The van der Waals surface area contributed by atoms with Crippen LogP contribution in [-0.4, -0.2) is 40.5 Å². The van der Waals surface area contributed by atoms with E-state index in [2.05, 4.69) is 35.3 Å². The van der Waals surface area contributed by atoms with Gasteiger partial charge in [0.2, 0.25) is 0 Å². The minimum atomic E-state index is -0.291. The largest absolute Gasteiger partial charge is 0.448 e. The third-order valence-electron chi connectivity index (χ3n) is 7.81. The van der Waals surface area contributed by atoms with Gasteiger partial charge in [-0.05, 0) is 60.1 Å². The lowest BCUT2D eigenvalue weighted by molar-refractivity contribution is 0.0504. The molecule has 6 nitrogen and oxygen atoms in total. The van der Waals surface area contributed by atoms with Crippen LogP contribution in [0.2, 0.25) is 0 Å². The molecule has 0 saturated carbocycles. The number of amides is 1. The van der Waals surface area contributed by atoms with Crippen molar-refractivity contribution in [2.24, 2.45) is 5.92 Å². The van der Waals surface area contributed by atoms with E-state index in [0.29, 0.717) is 25.0 Å². The summed E-state index contributed by atoms with van der Waals surface area (Å²) < 4.78 is 5.92. The van der Waals surface area contributed by atoms with Crippen LogP contribution in [-0.2, 0) is 4.74 Å². The number of aromatic nitrogens is 1. The summed E-state index contributed by atoms with van der Waals surface area (Å²) in [6.07, 6.45) is 4.16. The van der Waals surface area contributed by atoms with Gasteiger partial charge in [0.05, 0.1) is 5.56 Å². The topological polar surface area (TPSA) is 83.3 Å². The second kappa shape index (κ2) is 8.66. The molecule has 6 rings (SSSR count). The molecule has 2 aliphatic heterocycles. The molecule has 0 spiro atoms. The van der Waals surface area contributed by atoms with Gasteiger partial charge in [-0.2, -0.15) is 5.26 Å². The third kappa shape index (κ3) is 3.59. The summed E-state index contributed by atoms with van der Waals surface area (Å²) in [5, 5.41) is 9.36. The zero-order chi connectivity index (χ0) is 23.9. The average molecular weight is 464 g/mol. The first-order valence-electron chi connectivity index (χ1n) is 12.2. The van der Waals surface area contributed by atoms with Crippen LogP contribution in [0.25, 0.3) is 11.1 Å². The SMILES string of the molecule is N#Cc1cccnc1C(=O)C1CC2CCC(C1)N2C(=O)OCC1c2ccccc2-c2ccccc21. The Morgan fingerprint density at radius 1 is 0.943 bits per heavy atom. The number of piperidine rings is 1. The van der Waals surface area contributed by atoms with E-state index in [9.17, 15) is 14.9 Å². The first-order chi connectivity index (χ1) is 17.2. The summed E-state index contributed by atoms with van der Waals surface area (Å²) in [4.78, 5) is 32.5. The summed E-state index contributed by atoms with van der Waals surface area (Å²) in [6, 6.07) is 21.9. The van der Waals surface area contributed by atoms with E-state index in [4.69, 9.17) is 4.74 Å². The molecule has 0 N–H and O–H groups in total. The number of rotatable bonds is 4. The fourth-order valence-electron chi connectivity index (χ4n) is 6.24. The van der Waals surface area contributed by atoms with Gasteiger partial charge in [-0.3, -0.25) is 9.78 Å². The van der Waals surface area contributed by atoms with Gasteiger partial charge in [-0.25, -0.2) is 4.79 Å². The molecular weight excluding hydrogens is 438 g/mol. The fraction of sp³-hybridized carbons (Fsp3) is 0.310. The van der Waals surface area contributed by atoms with Gasteiger partial charge in [0, 0.05) is 30.1 Å². The van der Waals surface area contributed by atoms with Crippen LogP contribution in [0.3, 0.4) is 0 Å². The number of fused-ring (bicyclic) bond motifs is 5. The number of hydrogen-bond acceptors (Lipinski definition) is 5. The number of ketones is 1. The lowest BCUT2D eigenvalue weighted by Crippen LogP contribution is -2.48. The van der Waals surface area contributed by atoms with Crippen molar-refractivity contribution >= 4 is 11.9 Å². The van der Waals surface area contributed by atoms with Crippen LogP contribution in [0.1, 0.15) is 58.8 Å². The Bertz CT molecular complexity index is 1300. The van der Waals surface area contributed by atoms with Gasteiger partial charge in [0.25, 0.3) is 0 Å². The first-order valence-corrected chi connectivity index (χ1v) is 12.2. The molecule has 1 aromatic heterocycles. The number of benzene rings is 2. The summed E-state index contributed by atoms with van der Waals surface area (Å²) in [5.41, 5.74) is 5.34. The maximum Gasteiger partial charge on any atom is 0.410 e. The molecule has 1 aliphatic carbocycles. The van der Waals surface area contributed by atoms with Crippen LogP contribution >= 0.6 is 0 Å². The van der Waals surface area contributed by atoms with Crippen molar-refractivity contribution in [3.05, 3.63) is 89.2 Å². The summed E-state index contributed by atoms with van der Waals surface area (Å²) in [5.74, 6) is -0.296. The van der Waals surface area contributed by atoms with E-state index in [0.717, 1.165) is 12.8 Å². The van der Waals surface area contributed by atoms with Crippen molar-refractivity contribution in [2.75, 3.05) is 6.61 Å². The second-order valence-corrected chi connectivity index (χ2v) is 9.64. The zero-order valence-corrected chi connectivity index (χ0v) is 19.3. The lowest BCUT2D eigenvalue weighted by atomic mass is 9.85. The molecule has 3 aliphatic rings. The Labute approximate surface area is 204 Å². The van der Waals surface area contributed by atoms with Crippen LogP contribution in [0.5, 0.6) is 0 Å². The van der Waals surface area contributed by atoms with Crippen molar-refractivity contribution in [3.8, 4) is 17.2 Å². The number of nitriles is 1. The van der Waals surface area contributed by atoms with Crippen molar-refractivity contribution < 1.29 is 14.3 Å². The standard InChI is InChI=1S/C29H25N3O3/c30-16-18-6-5-13-31-27(18)28(33)19-14-20-11-12-21(15-19)32(20)29(34)35-17-26-24-9-3-1-7-22(24)23-8-2-4-10-25(23)26/h1-10,13,19-21,26H,11-12,14-15,17H2. The molecule has 2 atom stereocenters. The summed E-state index contributed by atoms with van der Waals surface area (Å²) in [6.45, 7) is 0.296. The quantitative estimate of drug-likeness (QED) is 0.489. The molecule has 3 heterocycles. The smallest absolute Gasteiger partial charge is 0.410 e. The van der Waals surface area contributed by atoms with Gasteiger partial charge >= 0.3 is 6.09 Å². The van der Waals surface area contributed by atoms with Crippen LogP contribution in [0.4, 0.5) is 4.79 Å². The van der Waals surface area contributed by atoms with Crippen molar-refractivity contribution in [1.82, 2.24) is 9.88 Å². The minimum Gasteiger partial charge on any atom is -0.448 e. The highest BCUT2D eigenvalue weighted by atomic mass is 16.6. The molecule has 2 fully saturated rings. The second-order valence-electron chi connectivity index (χ2n) is 9.64. The Kier molecular flexibility index (Phi) is 5.33. The molecule has 6 heteroatoms. The van der Waals surface area contributed by atoms with Gasteiger partial charge in [-0.15, -0.1) is 0 Å². The van der Waals surface area contributed by atoms with Gasteiger partial charge < -0.3 is 9.64 Å². The van der Waals surface area contributed by atoms with E-state index in [1.54, 1.807) is 18.3 Å². The molecule has 1 amide bonds. The fourth-order valence-corrected chi connectivity index (χ4v) is 6.24. The van der Waals surface area contributed by atoms with Gasteiger partial charge in [-0.1, -0.05) is 48.5 Å². The molecule has 2 unspecified atom stereocenters. The Morgan fingerprint density at radius 3 is 2.20 bits per heavy atom. The first kappa shape index (κ1) is 21.5. The Hall–Kier alpha value is -3.98. The molecule has 174 valence electrons. The number of pyridine rings is 1. The monoisotopic (exact) mass is 463 g/mol. The zero-order valence-electron chi connectivity index (χ0n) is 19.3. The molecule has 2 saturated heterocycles. The highest BCUT2D eigenvalue weighted by Crippen LogP contribution is 2.45. The van der Waals surface area contributed by atoms with E-state index >= 15 is 0 Å². The van der Waals surface area contributed by atoms with Crippen molar-refractivity contribution in [2.45, 2.75) is 43.7 Å². The molecular formula is C29H25N3O3. The predicted molar refractivity (Wildman–Crippen MR) is 130 cm³/mol. The van der Waals surface area contributed by atoms with Crippen LogP contribution in [0, 0.1) is 17.2 Å². The number of ether oxygens (including phenoxy) is 1. The van der Waals surface area contributed by atoms with Gasteiger partial charge in [0.1, 0.15) is 18.4 Å². The van der Waals surface area contributed by atoms with Crippen LogP contribution in [0.15, 0.2) is 66.9 Å². The van der Waals surface area contributed by atoms with Crippen LogP contribution < -0.4 is 0 Å². The van der Waals surface area contributed by atoms with Crippen molar-refractivity contribution in [3.63, 3.8) is 0 Å². The Morgan fingerprint density at radius 2 is 1.57 bits per heavy atom. The van der Waals surface area contributed by atoms with E-state index in [1.807, 2.05) is 29.2 Å². The highest BCUT2D eigenvalue weighted by Gasteiger charge is 2.46. The molecule has 0 radical (unpaired) electrons. The predicted octanol–water partition coefficient (Wildman–Crippen LogP) is 5.33. The summed E-state index contributed by atoms with van der Waals surface area (Å²) >= 11 is 0. The molecule has 2 aromatic carbocycles. The third-order valence-corrected chi connectivity index (χ3v) is 7.81. The summed E-state index contributed by atoms with van der Waals surface area (Å²) in [7, 11) is 0. The highest BCUT2D eigenvalue weighted by molar-refractivity contribution is 5.98. The maximum atomic E-state index is 13.2. The van der Waals surface area contributed by atoms with E-state index in [-0.39, 0.29) is 41.5 Å². The Balaban J connectivity index is 1.15. The number of nitrogens with zero attached hydrogens (tertiary/aromatic N) is 3. The molecule has 3 aromatic rings. The number of hydrogen-bond donors (Lipinski definition) is 0. The number of Topliss-reactive ketones (excluding diaryl/α,β-unsaturated/α-hetero) is 1. The lowest BCUT2D eigenvalue weighted by Gasteiger charge is -2.37. The molecule has 2 bridgehead atoms. The van der Waals surface area contributed by atoms with Crippen molar-refractivity contribution in [1.29, 1.82) is 5.26 Å². The minimum absolute atomic E-state index is 0.0207. The maximum absolute atomic E-state index is 13.2. The van der Waals surface area contributed by atoms with E-state index in [1.165, 1.54) is 22.3 Å². The van der Waals surface area contributed by atoms with Gasteiger partial charge in [0.15, 0.2) is 5.78 Å². The number of carbonyl (C=O) groups is 2. The number of carbonyl (C=O) groups excluding carboxylic acids is 2.